The fraction of sp³-hybridized carbons (Fsp3) is 0.923. The summed E-state index contributed by atoms with van der Waals surface area (Å²) < 4.78 is 49.3. The standard InChI is InChI=1S/C13H19FO6S.Na/c14-10(21(17,18)19)11(15)20-7-12-2-8-1-9(3-12)5-13(16,4-8)6-12;/h8-10,16H,1-7H2,(H,17,18,19);/q;+1/p-1. The van der Waals surface area contributed by atoms with Crippen molar-refractivity contribution < 1.29 is 61.6 Å². The summed E-state index contributed by atoms with van der Waals surface area (Å²) in [7, 11) is -5.33. The third kappa shape index (κ3) is 3.52. The second kappa shape index (κ2) is 5.97. The molecule has 4 aliphatic rings. The summed E-state index contributed by atoms with van der Waals surface area (Å²) in [5.74, 6) is -0.897. The molecule has 0 aromatic heterocycles. The summed E-state index contributed by atoms with van der Waals surface area (Å²) in [4.78, 5) is 11.3. The molecule has 6 nitrogen and oxygen atoms in total. The molecule has 3 atom stereocenters. The predicted octanol–water partition coefficient (Wildman–Crippen LogP) is -2.29. The second-order valence-corrected chi connectivity index (χ2v) is 8.50. The first kappa shape index (κ1) is 18.6. The summed E-state index contributed by atoms with van der Waals surface area (Å²) in [6.07, 6.45) is 4.63. The number of aliphatic hydroxyl groups is 1. The molecule has 9 heteroatoms. The van der Waals surface area contributed by atoms with Gasteiger partial charge in [-0.05, 0) is 50.4 Å². The molecule has 4 aliphatic carbocycles. The van der Waals surface area contributed by atoms with Crippen LogP contribution in [-0.4, -0.2) is 41.8 Å². The minimum Gasteiger partial charge on any atom is -0.745 e. The van der Waals surface area contributed by atoms with Crippen LogP contribution in [0.25, 0.3) is 0 Å². The Balaban J connectivity index is 0.00000176. The molecule has 1 N–H and O–H groups in total. The van der Waals surface area contributed by atoms with E-state index in [0.717, 1.165) is 32.1 Å². The Kier molecular flexibility index (Phi) is 5.05. The van der Waals surface area contributed by atoms with Gasteiger partial charge >= 0.3 is 35.5 Å². The first-order chi connectivity index (χ1) is 9.61. The van der Waals surface area contributed by atoms with Gasteiger partial charge in [-0.2, -0.15) is 0 Å². The van der Waals surface area contributed by atoms with Gasteiger partial charge in [0.25, 0.3) is 5.50 Å². The Morgan fingerprint density at radius 3 is 2.32 bits per heavy atom. The average molecular weight is 344 g/mol. The van der Waals surface area contributed by atoms with E-state index in [1.807, 2.05) is 0 Å². The number of esters is 1. The molecule has 4 rings (SSSR count). The summed E-state index contributed by atoms with van der Waals surface area (Å²) in [5, 5.41) is 10.5. The van der Waals surface area contributed by atoms with Crippen LogP contribution in [-0.2, 0) is 19.6 Å². The minimum atomic E-state index is -5.33. The average Bonchev–Trinajstić information content (AvgIpc) is 2.31. The van der Waals surface area contributed by atoms with Gasteiger partial charge < -0.3 is 14.4 Å². The van der Waals surface area contributed by atoms with Gasteiger partial charge in [0.05, 0.1) is 12.2 Å². The minimum absolute atomic E-state index is 0. The van der Waals surface area contributed by atoms with Crippen LogP contribution < -0.4 is 29.6 Å². The van der Waals surface area contributed by atoms with Crippen LogP contribution in [0.4, 0.5) is 4.39 Å². The van der Waals surface area contributed by atoms with Crippen molar-refractivity contribution in [2.45, 2.75) is 49.6 Å². The molecule has 0 aromatic rings. The van der Waals surface area contributed by atoms with Crippen molar-refractivity contribution in [3.63, 3.8) is 0 Å². The monoisotopic (exact) mass is 344 g/mol. The van der Waals surface area contributed by atoms with Crippen LogP contribution in [0.1, 0.15) is 38.5 Å². The second-order valence-electron chi connectivity index (χ2n) is 7.10. The fourth-order valence-corrected chi connectivity index (χ4v) is 5.28. The normalized spacial score (nSPS) is 40.9. The summed E-state index contributed by atoms with van der Waals surface area (Å²) in [6.45, 7) is -0.128. The van der Waals surface area contributed by atoms with E-state index in [-0.39, 0.29) is 36.2 Å². The fourth-order valence-electron chi connectivity index (χ4n) is 4.98. The zero-order valence-corrected chi connectivity index (χ0v) is 15.3. The van der Waals surface area contributed by atoms with Crippen LogP contribution in [0, 0.1) is 17.3 Å². The number of carbonyl (C=O) groups is 1. The number of hydrogen-bond acceptors (Lipinski definition) is 6. The van der Waals surface area contributed by atoms with Gasteiger partial charge in [-0.25, -0.2) is 17.6 Å². The van der Waals surface area contributed by atoms with Gasteiger partial charge in [-0.15, -0.1) is 0 Å². The van der Waals surface area contributed by atoms with Crippen LogP contribution >= 0.6 is 0 Å². The van der Waals surface area contributed by atoms with E-state index in [0.29, 0.717) is 18.3 Å². The first-order valence-electron chi connectivity index (χ1n) is 7.09. The van der Waals surface area contributed by atoms with Gasteiger partial charge in [0.2, 0.25) is 0 Å². The number of hydrogen-bond donors (Lipinski definition) is 1. The third-order valence-electron chi connectivity index (χ3n) is 5.11. The first-order valence-corrected chi connectivity index (χ1v) is 8.56. The number of halogens is 1. The molecule has 0 aromatic carbocycles. The molecular weight excluding hydrogens is 326 g/mol. The predicted molar refractivity (Wildman–Crippen MR) is 67.6 cm³/mol. The summed E-state index contributed by atoms with van der Waals surface area (Å²) in [5.41, 5.74) is -4.31. The Hall–Kier alpha value is 0.270. The molecule has 0 heterocycles. The van der Waals surface area contributed by atoms with E-state index in [2.05, 4.69) is 0 Å². The molecule has 0 radical (unpaired) electrons. The van der Waals surface area contributed by atoms with E-state index in [9.17, 15) is 27.3 Å². The van der Waals surface area contributed by atoms with Crippen LogP contribution in [0.5, 0.6) is 0 Å². The van der Waals surface area contributed by atoms with Crippen molar-refractivity contribution in [2.24, 2.45) is 17.3 Å². The Morgan fingerprint density at radius 2 is 1.86 bits per heavy atom. The molecular formula is C13H18FNaO6S. The number of carbonyl (C=O) groups excluding carboxylic acids is 1. The third-order valence-corrected chi connectivity index (χ3v) is 5.81. The maximum atomic E-state index is 13.1. The number of ether oxygens (including phenoxy) is 1. The van der Waals surface area contributed by atoms with Gasteiger partial charge in [0.15, 0.2) is 0 Å². The topological polar surface area (TPSA) is 104 Å². The molecule has 0 amide bonds. The largest absolute Gasteiger partial charge is 1.00 e. The molecule has 120 valence electrons. The van der Waals surface area contributed by atoms with E-state index in [4.69, 9.17) is 4.74 Å². The molecule has 0 spiro atoms. The maximum Gasteiger partial charge on any atom is 1.00 e. The van der Waals surface area contributed by atoms with Crippen molar-refractivity contribution in [1.29, 1.82) is 0 Å². The van der Waals surface area contributed by atoms with E-state index in [1.54, 1.807) is 0 Å². The van der Waals surface area contributed by atoms with E-state index >= 15 is 0 Å². The van der Waals surface area contributed by atoms with Crippen molar-refractivity contribution in [3.8, 4) is 0 Å². The van der Waals surface area contributed by atoms with E-state index < -0.39 is 32.6 Å². The van der Waals surface area contributed by atoms with Gasteiger partial charge in [0.1, 0.15) is 10.1 Å². The summed E-state index contributed by atoms with van der Waals surface area (Å²) >= 11 is 0. The van der Waals surface area contributed by atoms with Gasteiger partial charge in [0, 0.05) is 5.41 Å². The number of rotatable bonds is 4. The molecule has 4 fully saturated rings. The van der Waals surface area contributed by atoms with E-state index in [1.165, 1.54) is 0 Å². The molecule has 0 aliphatic heterocycles. The van der Waals surface area contributed by atoms with Crippen LogP contribution in [0.3, 0.4) is 0 Å². The smallest absolute Gasteiger partial charge is 0.745 e. The SMILES string of the molecule is O=C(OCC12CC3CC(CC(O)(C3)C1)C2)C(F)S(=O)(=O)[O-].[Na+]. The molecule has 22 heavy (non-hydrogen) atoms. The van der Waals surface area contributed by atoms with Crippen molar-refractivity contribution in [3.05, 3.63) is 0 Å². The van der Waals surface area contributed by atoms with Crippen molar-refractivity contribution >= 4 is 16.1 Å². The Morgan fingerprint density at radius 1 is 1.32 bits per heavy atom. The van der Waals surface area contributed by atoms with Crippen LogP contribution in [0.2, 0.25) is 0 Å². The zero-order valence-electron chi connectivity index (χ0n) is 12.5. The van der Waals surface area contributed by atoms with Gasteiger partial charge in [-0.3, -0.25) is 0 Å². The zero-order chi connectivity index (χ0) is 15.5. The molecule has 4 bridgehead atoms. The number of alkyl halides is 1. The van der Waals surface area contributed by atoms with Crippen molar-refractivity contribution in [1.82, 2.24) is 0 Å². The molecule has 0 saturated heterocycles. The quantitative estimate of drug-likeness (QED) is 0.350. The van der Waals surface area contributed by atoms with Crippen molar-refractivity contribution in [2.75, 3.05) is 6.61 Å². The molecule has 3 unspecified atom stereocenters. The van der Waals surface area contributed by atoms with Gasteiger partial charge in [-0.1, -0.05) is 0 Å². The maximum absolute atomic E-state index is 13.1. The Labute approximate surface area is 150 Å². The summed E-state index contributed by atoms with van der Waals surface area (Å²) in [6, 6.07) is 0. The Bertz CT molecular complexity index is 551. The van der Waals surface area contributed by atoms with Crippen LogP contribution in [0.15, 0.2) is 0 Å². The molecule has 4 saturated carbocycles.